The standard InChI is InChI=1S/C17H21NO2S/c1-13-9-10-17(11-14(13)2)21(19,20)18-12-15(3)16-7-5-4-6-8-16/h4-11,15,18H,12H2,1-3H3. The largest absolute Gasteiger partial charge is 0.240 e. The Morgan fingerprint density at radius 1 is 1.00 bits per heavy atom. The molecule has 0 spiro atoms. The third-order valence-corrected chi connectivity index (χ3v) is 5.16. The molecule has 0 aromatic heterocycles. The molecule has 4 heteroatoms. The minimum atomic E-state index is -3.45. The Morgan fingerprint density at radius 2 is 1.67 bits per heavy atom. The number of hydrogen-bond donors (Lipinski definition) is 1. The molecule has 3 nitrogen and oxygen atoms in total. The zero-order chi connectivity index (χ0) is 15.5. The fraction of sp³-hybridized carbons (Fsp3) is 0.294. The Labute approximate surface area is 127 Å². The predicted molar refractivity (Wildman–Crippen MR) is 86.0 cm³/mol. The van der Waals surface area contributed by atoms with Gasteiger partial charge in [-0.3, -0.25) is 0 Å². The lowest BCUT2D eigenvalue weighted by atomic mass is 10.0. The van der Waals surface area contributed by atoms with Crippen molar-refractivity contribution in [1.82, 2.24) is 4.72 Å². The lowest BCUT2D eigenvalue weighted by Crippen LogP contribution is -2.27. The van der Waals surface area contributed by atoms with Crippen LogP contribution in [0.3, 0.4) is 0 Å². The topological polar surface area (TPSA) is 46.2 Å². The molecule has 1 unspecified atom stereocenters. The van der Waals surface area contributed by atoms with E-state index < -0.39 is 10.0 Å². The molecule has 1 atom stereocenters. The Balaban J connectivity index is 2.09. The third-order valence-electron chi connectivity index (χ3n) is 3.74. The number of rotatable bonds is 5. The normalized spacial score (nSPS) is 13.1. The summed E-state index contributed by atoms with van der Waals surface area (Å²) in [5.41, 5.74) is 3.20. The molecule has 0 amide bonds. The summed E-state index contributed by atoms with van der Waals surface area (Å²) in [6.07, 6.45) is 0. The van der Waals surface area contributed by atoms with Crippen molar-refractivity contribution in [3.05, 3.63) is 65.2 Å². The summed E-state index contributed by atoms with van der Waals surface area (Å²) in [6, 6.07) is 15.1. The van der Waals surface area contributed by atoms with Crippen molar-refractivity contribution in [2.45, 2.75) is 31.6 Å². The second-order valence-corrected chi connectivity index (χ2v) is 7.18. The monoisotopic (exact) mass is 303 g/mol. The highest BCUT2D eigenvalue weighted by atomic mass is 32.2. The SMILES string of the molecule is Cc1ccc(S(=O)(=O)NCC(C)c2ccccc2)cc1C. The molecule has 0 radical (unpaired) electrons. The van der Waals surface area contributed by atoms with Gasteiger partial charge in [-0.15, -0.1) is 0 Å². The van der Waals surface area contributed by atoms with Crippen molar-refractivity contribution in [2.75, 3.05) is 6.54 Å². The van der Waals surface area contributed by atoms with E-state index in [1.165, 1.54) is 0 Å². The Morgan fingerprint density at radius 3 is 2.29 bits per heavy atom. The smallest absolute Gasteiger partial charge is 0.211 e. The highest BCUT2D eigenvalue weighted by Crippen LogP contribution is 2.17. The van der Waals surface area contributed by atoms with Crippen molar-refractivity contribution >= 4 is 10.0 Å². The average Bonchev–Trinajstić information content (AvgIpc) is 2.48. The average molecular weight is 303 g/mol. The maximum absolute atomic E-state index is 12.3. The molecule has 0 saturated carbocycles. The molecular formula is C17H21NO2S. The van der Waals surface area contributed by atoms with Crippen LogP contribution in [0.1, 0.15) is 29.5 Å². The Hall–Kier alpha value is -1.65. The molecule has 0 saturated heterocycles. The molecule has 0 bridgehead atoms. The first kappa shape index (κ1) is 15.7. The van der Waals surface area contributed by atoms with Gasteiger partial charge in [-0.1, -0.05) is 43.3 Å². The van der Waals surface area contributed by atoms with Crippen molar-refractivity contribution in [3.8, 4) is 0 Å². The van der Waals surface area contributed by atoms with Gasteiger partial charge in [0.25, 0.3) is 0 Å². The van der Waals surface area contributed by atoms with Crippen LogP contribution >= 0.6 is 0 Å². The molecule has 2 aromatic rings. The molecule has 0 aliphatic heterocycles. The second kappa shape index (κ2) is 6.41. The van der Waals surface area contributed by atoms with Crippen LogP contribution in [0, 0.1) is 13.8 Å². The van der Waals surface area contributed by atoms with Crippen molar-refractivity contribution in [3.63, 3.8) is 0 Å². The third kappa shape index (κ3) is 3.93. The summed E-state index contributed by atoms with van der Waals surface area (Å²) >= 11 is 0. The van der Waals surface area contributed by atoms with Gasteiger partial charge in [-0.2, -0.15) is 0 Å². The van der Waals surface area contributed by atoms with Crippen LogP contribution in [0.25, 0.3) is 0 Å². The van der Waals surface area contributed by atoms with Crippen LogP contribution in [0.15, 0.2) is 53.4 Å². The first-order valence-electron chi connectivity index (χ1n) is 7.02. The highest BCUT2D eigenvalue weighted by Gasteiger charge is 2.16. The molecule has 0 aliphatic rings. The van der Waals surface area contributed by atoms with E-state index in [0.29, 0.717) is 11.4 Å². The second-order valence-electron chi connectivity index (χ2n) is 5.41. The number of benzene rings is 2. The lowest BCUT2D eigenvalue weighted by molar-refractivity contribution is 0.575. The predicted octanol–water partition coefficient (Wildman–Crippen LogP) is 3.39. The van der Waals surface area contributed by atoms with Crippen LogP contribution in [0.4, 0.5) is 0 Å². The summed E-state index contributed by atoms with van der Waals surface area (Å²) in [5.74, 6) is 0.132. The van der Waals surface area contributed by atoms with Gasteiger partial charge in [-0.05, 0) is 48.6 Å². The van der Waals surface area contributed by atoms with Gasteiger partial charge < -0.3 is 0 Å². The Bertz CT molecular complexity index is 709. The fourth-order valence-electron chi connectivity index (χ4n) is 2.10. The minimum absolute atomic E-state index is 0.132. The summed E-state index contributed by atoms with van der Waals surface area (Å²) in [6.45, 7) is 6.29. The summed E-state index contributed by atoms with van der Waals surface area (Å²) in [5, 5.41) is 0. The minimum Gasteiger partial charge on any atom is -0.211 e. The molecular weight excluding hydrogens is 282 g/mol. The molecule has 21 heavy (non-hydrogen) atoms. The fourth-order valence-corrected chi connectivity index (χ4v) is 3.31. The molecule has 0 aliphatic carbocycles. The number of nitrogens with one attached hydrogen (secondary N) is 1. The van der Waals surface area contributed by atoms with E-state index >= 15 is 0 Å². The van der Waals surface area contributed by atoms with Gasteiger partial charge in [0.05, 0.1) is 4.90 Å². The van der Waals surface area contributed by atoms with Crippen LogP contribution in [-0.4, -0.2) is 15.0 Å². The number of sulfonamides is 1. The van der Waals surface area contributed by atoms with Gasteiger partial charge >= 0.3 is 0 Å². The summed E-state index contributed by atoms with van der Waals surface area (Å²) in [4.78, 5) is 0.325. The summed E-state index contributed by atoms with van der Waals surface area (Å²) in [7, 11) is -3.45. The molecule has 0 fully saturated rings. The van der Waals surface area contributed by atoms with Gasteiger partial charge in [-0.25, -0.2) is 13.1 Å². The van der Waals surface area contributed by atoms with Crippen LogP contribution in [0.5, 0.6) is 0 Å². The van der Waals surface area contributed by atoms with Crippen LogP contribution < -0.4 is 4.72 Å². The van der Waals surface area contributed by atoms with Crippen LogP contribution in [-0.2, 0) is 10.0 Å². The van der Waals surface area contributed by atoms with Crippen molar-refractivity contribution in [2.24, 2.45) is 0 Å². The highest BCUT2D eigenvalue weighted by molar-refractivity contribution is 7.89. The van der Waals surface area contributed by atoms with Gasteiger partial charge in [0, 0.05) is 6.54 Å². The maximum Gasteiger partial charge on any atom is 0.240 e. The van der Waals surface area contributed by atoms with E-state index in [2.05, 4.69) is 4.72 Å². The van der Waals surface area contributed by atoms with Crippen LogP contribution in [0.2, 0.25) is 0 Å². The molecule has 112 valence electrons. The molecule has 2 rings (SSSR count). The zero-order valence-corrected chi connectivity index (χ0v) is 13.4. The molecule has 0 heterocycles. The van der Waals surface area contributed by atoms with E-state index in [0.717, 1.165) is 16.7 Å². The Kier molecular flexibility index (Phi) is 4.80. The van der Waals surface area contributed by atoms with E-state index in [-0.39, 0.29) is 5.92 Å². The molecule has 1 N–H and O–H groups in total. The van der Waals surface area contributed by atoms with Gasteiger partial charge in [0.2, 0.25) is 10.0 Å². The zero-order valence-electron chi connectivity index (χ0n) is 12.6. The van der Waals surface area contributed by atoms with Crippen molar-refractivity contribution in [1.29, 1.82) is 0 Å². The van der Waals surface area contributed by atoms with Gasteiger partial charge in [0.1, 0.15) is 0 Å². The van der Waals surface area contributed by atoms with E-state index in [9.17, 15) is 8.42 Å². The molecule has 2 aromatic carbocycles. The number of aryl methyl sites for hydroxylation is 2. The first-order chi connectivity index (χ1) is 9.90. The van der Waals surface area contributed by atoms with E-state index in [1.54, 1.807) is 12.1 Å². The first-order valence-corrected chi connectivity index (χ1v) is 8.50. The summed E-state index contributed by atoms with van der Waals surface area (Å²) < 4.78 is 27.3. The lowest BCUT2D eigenvalue weighted by Gasteiger charge is -2.14. The van der Waals surface area contributed by atoms with E-state index in [4.69, 9.17) is 0 Å². The van der Waals surface area contributed by atoms with Crippen molar-refractivity contribution < 1.29 is 8.42 Å². The quantitative estimate of drug-likeness (QED) is 0.920. The van der Waals surface area contributed by atoms with Gasteiger partial charge in [0.15, 0.2) is 0 Å². The number of hydrogen-bond acceptors (Lipinski definition) is 2. The maximum atomic E-state index is 12.3. The van der Waals surface area contributed by atoms with E-state index in [1.807, 2.05) is 57.2 Å².